The van der Waals surface area contributed by atoms with E-state index in [0.717, 1.165) is 24.4 Å². The molecule has 1 fully saturated rings. The van der Waals surface area contributed by atoms with Crippen LogP contribution in [0.25, 0.3) is 0 Å². The van der Waals surface area contributed by atoms with E-state index in [1.807, 2.05) is 0 Å². The molecule has 0 spiro atoms. The van der Waals surface area contributed by atoms with E-state index in [4.69, 9.17) is 10.2 Å². The van der Waals surface area contributed by atoms with Gasteiger partial charge in [-0.25, -0.2) is 0 Å². The van der Waals surface area contributed by atoms with Crippen LogP contribution in [0.4, 0.5) is 0 Å². The monoisotopic (exact) mass is 193 g/mol. The number of hydrogen-bond acceptors (Lipinski definition) is 2. The van der Waals surface area contributed by atoms with E-state index in [0.29, 0.717) is 5.92 Å². The van der Waals surface area contributed by atoms with E-state index in [1.54, 1.807) is 0 Å². The third-order valence-electron chi connectivity index (χ3n) is 3.01. The number of rotatable bonds is 4. The van der Waals surface area contributed by atoms with Crippen LogP contribution in [-0.4, -0.2) is 5.54 Å². The quantitative estimate of drug-likeness (QED) is 0.798. The zero-order valence-corrected chi connectivity index (χ0v) is 9.05. The third kappa shape index (κ3) is 2.18. The van der Waals surface area contributed by atoms with Crippen molar-refractivity contribution in [3.05, 3.63) is 23.7 Å². The zero-order chi connectivity index (χ0) is 10.2. The Hall–Kier alpha value is -0.760. The average molecular weight is 193 g/mol. The van der Waals surface area contributed by atoms with Gasteiger partial charge in [-0.1, -0.05) is 13.8 Å². The molecule has 0 aromatic carbocycles. The van der Waals surface area contributed by atoms with Crippen molar-refractivity contribution in [2.45, 2.75) is 51.0 Å². The van der Waals surface area contributed by atoms with Crippen LogP contribution in [0.2, 0.25) is 0 Å². The molecule has 1 aliphatic rings. The Morgan fingerprint density at radius 1 is 1.43 bits per heavy atom. The van der Waals surface area contributed by atoms with Gasteiger partial charge in [-0.05, 0) is 31.4 Å². The van der Waals surface area contributed by atoms with Gasteiger partial charge < -0.3 is 10.2 Å². The Balaban J connectivity index is 1.90. The van der Waals surface area contributed by atoms with Crippen LogP contribution in [0, 0.1) is 0 Å². The first-order valence-corrected chi connectivity index (χ1v) is 5.47. The van der Waals surface area contributed by atoms with Crippen molar-refractivity contribution in [2.75, 3.05) is 0 Å². The molecule has 1 aromatic heterocycles. The Morgan fingerprint density at radius 2 is 2.14 bits per heavy atom. The van der Waals surface area contributed by atoms with Gasteiger partial charge in [0, 0.05) is 17.9 Å². The normalized spacial score (nSPS) is 18.9. The summed E-state index contributed by atoms with van der Waals surface area (Å²) >= 11 is 0. The van der Waals surface area contributed by atoms with Crippen LogP contribution in [0.5, 0.6) is 0 Å². The van der Waals surface area contributed by atoms with E-state index in [-0.39, 0.29) is 5.54 Å². The second-order valence-corrected chi connectivity index (χ2v) is 4.82. The molecule has 1 saturated carbocycles. The molecule has 0 unspecified atom stereocenters. The minimum atomic E-state index is 0.144. The van der Waals surface area contributed by atoms with Crippen molar-refractivity contribution in [3.8, 4) is 0 Å². The summed E-state index contributed by atoms with van der Waals surface area (Å²) in [6, 6.07) is 4.16. The molecule has 2 N–H and O–H groups in total. The first kappa shape index (κ1) is 9.78. The predicted octanol–water partition coefficient (Wildman–Crippen LogP) is 2.83. The summed E-state index contributed by atoms with van der Waals surface area (Å²) in [6.07, 6.45) is 4.43. The maximum Gasteiger partial charge on any atom is 0.106 e. The van der Waals surface area contributed by atoms with Crippen molar-refractivity contribution >= 4 is 0 Å². The molecule has 1 aliphatic carbocycles. The Kier molecular flexibility index (Phi) is 2.40. The largest absolute Gasteiger partial charge is 0.466 e. The van der Waals surface area contributed by atoms with E-state index in [9.17, 15) is 0 Å². The molecule has 14 heavy (non-hydrogen) atoms. The summed E-state index contributed by atoms with van der Waals surface area (Å²) < 4.78 is 5.71. The number of aryl methyl sites for hydroxylation is 1. The molecule has 0 amide bonds. The molecule has 1 heterocycles. The van der Waals surface area contributed by atoms with E-state index in [1.165, 1.54) is 12.8 Å². The Bertz CT molecular complexity index is 310. The van der Waals surface area contributed by atoms with Crippen molar-refractivity contribution in [1.29, 1.82) is 0 Å². The number of furan rings is 1. The molecular formula is C12H19NO. The number of hydrogen-bond donors (Lipinski definition) is 1. The maximum absolute atomic E-state index is 6.02. The fourth-order valence-electron chi connectivity index (χ4n) is 1.62. The minimum absolute atomic E-state index is 0.144. The molecule has 1 aromatic rings. The van der Waals surface area contributed by atoms with Crippen molar-refractivity contribution in [3.63, 3.8) is 0 Å². The lowest BCUT2D eigenvalue weighted by Gasteiger charge is -2.05. The molecule has 0 bridgehead atoms. The highest BCUT2D eigenvalue weighted by Crippen LogP contribution is 2.36. The Morgan fingerprint density at radius 3 is 2.64 bits per heavy atom. The fourth-order valence-corrected chi connectivity index (χ4v) is 1.62. The first-order chi connectivity index (χ1) is 6.59. The Labute approximate surface area is 85.5 Å². The second-order valence-electron chi connectivity index (χ2n) is 4.82. The van der Waals surface area contributed by atoms with Crippen LogP contribution < -0.4 is 5.73 Å². The van der Waals surface area contributed by atoms with Gasteiger partial charge in [0.1, 0.15) is 11.5 Å². The standard InChI is InChI=1S/C12H19NO/c1-9(2)11-4-3-10(14-11)5-6-12(13)7-8-12/h3-4,9H,5-8,13H2,1-2H3. The van der Waals surface area contributed by atoms with Gasteiger partial charge in [-0.2, -0.15) is 0 Å². The first-order valence-electron chi connectivity index (χ1n) is 5.47. The molecule has 0 aliphatic heterocycles. The molecule has 0 atom stereocenters. The molecular weight excluding hydrogens is 174 g/mol. The topological polar surface area (TPSA) is 39.2 Å². The van der Waals surface area contributed by atoms with Gasteiger partial charge in [0.15, 0.2) is 0 Å². The van der Waals surface area contributed by atoms with E-state index < -0.39 is 0 Å². The van der Waals surface area contributed by atoms with Crippen LogP contribution in [0.1, 0.15) is 50.5 Å². The van der Waals surface area contributed by atoms with E-state index >= 15 is 0 Å². The molecule has 2 nitrogen and oxygen atoms in total. The van der Waals surface area contributed by atoms with Crippen molar-refractivity contribution in [1.82, 2.24) is 0 Å². The predicted molar refractivity (Wildman–Crippen MR) is 57.3 cm³/mol. The van der Waals surface area contributed by atoms with Crippen LogP contribution in [0.3, 0.4) is 0 Å². The molecule has 2 heteroatoms. The zero-order valence-electron chi connectivity index (χ0n) is 9.05. The highest BCUT2D eigenvalue weighted by atomic mass is 16.3. The summed E-state index contributed by atoms with van der Waals surface area (Å²) in [5.41, 5.74) is 6.16. The second kappa shape index (κ2) is 3.43. The summed E-state index contributed by atoms with van der Waals surface area (Å²) in [4.78, 5) is 0. The lowest BCUT2D eigenvalue weighted by Crippen LogP contribution is -2.21. The van der Waals surface area contributed by atoms with Gasteiger partial charge >= 0.3 is 0 Å². The maximum atomic E-state index is 6.02. The summed E-state index contributed by atoms with van der Waals surface area (Å²) in [5, 5.41) is 0. The van der Waals surface area contributed by atoms with Crippen molar-refractivity contribution in [2.24, 2.45) is 5.73 Å². The SMILES string of the molecule is CC(C)c1ccc(CCC2(N)CC2)o1. The fraction of sp³-hybridized carbons (Fsp3) is 0.667. The smallest absolute Gasteiger partial charge is 0.106 e. The highest BCUT2D eigenvalue weighted by molar-refractivity contribution is 5.11. The van der Waals surface area contributed by atoms with Gasteiger partial charge in [-0.15, -0.1) is 0 Å². The van der Waals surface area contributed by atoms with Crippen LogP contribution in [0.15, 0.2) is 16.5 Å². The molecule has 2 rings (SSSR count). The van der Waals surface area contributed by atoms with Crippen LogP contribution in [-0.2, 0) is 6.42 Å². The van der Waals surface area contributed by atoms with Crippen LogP contribution >= 0.6 is 0 Å². The average Bonchev–Trinajstić information content (AvgIpc) is 2.68. The summed E-state index contributed by atoms with van der Waals surface area (Å²) in [7, 11) is 0. The lowest BCUT2D eigenvalue weighted by molar-refractivity contribution is 0.433. The number of nitrogens with two attached hydrogens (primary N) is 1. The molecule has 0 saturated heterocycles. The van der Waals surface area contributed by atoms with Crippen molar-refractivity contribution < 1.29 is 4.42 Å². The van der Waals surface area contributed by atoms with Gasteiger partial charge in [0.2, 0.25) is 0 Å². The van der Waals surface area contributed by atoms with Gasteiger partial charge in [0.25, 0.3) is 0 Å². The summed E-state index contributed by atoms with van der Waals surface area (Å²) in [6.45, 7) is 4.29. The summed E-state index contributed by atoms with van der Waals surface area (Å²) in [5.74, 6) is 2.66. The minimum Gasteiger partial charge on any atom is -0.466 e. The highest BCUT2D eigenvalue weighted by Gasteiger charge is 2.37. The lowest BCUT2D eigenvalue weighted by atomic mass is 10.1. The molecule has 0 radical (unpaired) electrons. The van der Waals surface area contributed by atoms with Gasteiger partial charge in [-0.3, -0.25) is 0 Å². The molecule has 78 valence electrons. The van der Waals surface area contributed by atoms with E-state index in [2.05, 4.69) is 26.0 Å². The third-order valence-corrected chi connectivity index (χ3v) is 3.01. The van der Waals surface area contributed by atoms with Gasteiger partial charge in [0.05, 0.1) is 0 Å².